The Labute approximate surface area is 205 Å². The van der Waals surface area contributed by atoms with Crippen LogP contribution in [0.2, 0.25) is 0 Å². The van der Waals surface area contributed by atoms with Crippen molar-refractivity contribution in [1.82, 2.24) is 25.1 Å². The van der Waals surface area contributed by atoms with Crippen LogP contribution < -0.4 is 10.2 Å². The number of anilines is 3. The molecule has 2 aliphatic rings. The summed E-state index contributed by atoms with van der Waals surface area (Å²) in [5.74, 6) is 2.25. The lowest BCUT2D eigenvalue weighted by molar-refractivity contribution is -0.132. The van der Waals surface area contributed by atoms with E-state index in [1.807, 2.05) is 61.2 Å². The zero-order chi connectivity index (χ0) is 24.4. The van der Waals surface area contributed by atoms with Crippen LogP contribution >= 0.6 is 0 Å². The van der Waals surface area contributed by atoms with Gasteiger partial charge >= 0.3 is 0 Å². The molecule has 1 atom stereocenters. The van der Waals surface area contributed by atoms with E-state index in [4.69, 9.17) is 0 Å². The van der Waals surface area contributed by atoms with Gasteiger partial charge in [-0.1, -0.05) is 18.2 Å². The van der Waals surface area contributed by atoms with Crippen LogP contribution in [0, 0.1) is 19.8 Å². The molecule has 35 heavy (non-hydrogen) atoms. The monoisotopic (exact) mass is 473 g/mol. The van der Waals surface area contributed by atoms with E-state index in [1.165, 1.54) is 0 Å². The number of hydrogen-bond acceptors (Lipinski definition) is 6. The zero-order valence-corrected chi connectivity index (χ0v) is 20.2. The molecule has 2 N–H and O–H groups in total. The number of para-hydroxylation sites is 1. The largest absolute Gasteiger partial charge is 0.340 e. The van der Waals surface area contributed by atoms with Gasteiger partial charge < -0.3 is 15.1 Å². The molecule has 0 unspecified atom stereocenters. The normalized spacial score (nSPS) is 17.8. The third-order valence-electron chi connectivity index (χ3n) is 6.57. The fraction of sp³-hybridized carbons (Fsp3) is 0.423. The summed E-state index contributed by atoms with van der Waals surface area (Å²) in [6.45, 7) is 5.16. The summed E-state index contributed by atoms with van der Waals surface area (Å²) in [5, 5.41) is 10.4. The Morgan fingerprint density at radius 3 is 2.60 bits per heavy atom. The molecule has 2 aromatic heterocycles. The molecule has 3 heterocycles. The molecule has 2 fully saturated rings. The van der Waals surface area contributed by atoms with Crippen molar-refractivity contribution in [3.63, 3.8) is 0 Å². The lowest BCUT2D eigenvalue weighted by Crippen LogP contribution is -2.46. The molecule has 5 rings (SSSR count). The highest BCUT2D eigenvalue weighted by Gasteiger charge is 2.36. The average Bonchev–Trinajstić information content (AvgIpc) is 3.64. The molecule has 1 aromatic carbocycles. The highest BCUT2D eigenvalue weighted by atomic mass is 16.2. The molecule has 1 aliphatic heterocycles. The second kappa shape index (κ2) is 9.85. The SMILES string of the molecule is Cc1nc(Nc2cc(C)[nH]n2)cc([C@H]2CCCN(C(=O)CN(C(=O)C3CC3)c3ccccc3)C2)n1. The maximum atomic E-state index is 13.4. The Kier molecular flexibility index (Phi) is 6.48. The van der Waals surface area contributed by atoms with Crippen molar-refractivity contribution in [2.24, 2.45) is 5.92 Å². The van der Waals surface area contributed by atoms with E-state index in [-0.39, 0.29) is 30.2 Å². The maximum absolute atomic E-state index is 13.4. The molecule has 2 amide bonds. The van der Waals surface area contributed by atoms with Gasteiger partial charge in [-0.3, -0.25) is 14.7 Å². The van der Waals surface area contributed by atoms with Gasteiger partial charge in [-0.15, -0.1) is 0 Å². The number of amides is 2. The number of piperidine rings is 1. The Bertz CT molecular complexity index is 1210. The fourth-order valence-electron chi connectivity index (χ4n) is 4.61. The van der Waals surface area contributed by atoms with Crippen LogP contribution in [0.4, 0.5) is 17.3 Å². The number of aromatic nitrogens is 4. The van der Waals surface area contributed by atoms with Crippen LogP contribution in [0.3, 0.4) is 0 Å². The van der Waals surface area contributed by atoms with E-state index in [1.54, 1.807) is 4.90 Å². The van der Waals surface area contributed by atoms with E-state index in [0.29, 0.717) is 30.5 Å². The van der Waals surface area contributed by atoms with Gasteiger partial charge in [-0.05, 0) is 51.7 Å². The molecule has 9 nitrogen and oxygen atoms in total. The maximum Gasteiger partial charge on any atom is 0.242 e. The molecular weight excluding hydrogens is 442 g/mol. The number of carbonyl (C=O) groups excluding carboxylic acids is 2. The summed E-state index contributed by atoms with van der Waals surface area (Å²) in [7, 11) is 0. The first-order valence-electron chi connectivity index (χ1n) is 12.2. The van der Waals surface area contributed by atoms with Gasteiger partial charge in [0.2, 0.25) is 11.8 Å². The van der Waals surface area contributed by atoms with Crippen LogP contribution in [0.15, 0.2) is 42.5 Å². The fourth-order valence-corrected chi connectivity index (χ4v) is 4.61. The minimum atomic E-state index is -0.0244. The minimum absolute atomic E-state index is 0.0244. The number of aryl methyl sites for hydroxylation is 2. The lowest BCUT2D eigenvalue weighted by Gasteiger charge is -2.34. The van der Waals surface area contributed by atoms with Gasteiger partial charge in [-0.2, -0.15) is 5.10 Å². The predicted molar refractivity (Wildman–Crippen MR) is 133 cm³/mol. The minimum Gasteiger partial charge on any atom is -0.340 e. The summed E-state index contributed by atoms with van der Waals surface area (Å²) in [6, 6.07) is 13.4. The van der Waals surface area contributed by atoms with E-state index in [2.05, 4.69) is 25.5 Å². The number of carbonyl (C=O) groups is 2. The van der Waals surface area contributed by atoms with Gasteiger partial charge in [0, 0.05) is 48.4 Å². The van der Waals surface area contributed by atoms with E-state index >= 15 is 0 Å². The molecular formula is C26H31N7O2. The van der Waals surface area contributed by atoms with E-state index in [0.717, 1.165) is 42.8 Å². The van der Waals surface area contributed by atoms with Crippen molar-refractivity contribution in [3.8, 4) is 0 Å². The van der Waals surface area contributed by atoms with Crippen molar-refractivity contribution in [3.05, 3.63) is 59.7 Å². The lowest BCUT2D eigenvalue weighted by atomic mass is 9.94. The van der Waals surface area contributed by atoms with Gasteiger partial charge in [0.05, 0.1) is 5.69 Å². The number of aromatic amines is 1. The first-order valence-corrected chi connectivity index (χ1v) is 12.2. The van der Waals surface area contributed by atoms with Crippen molar-refractivity contribution < 1.29 is 9.59 Å². The molecule has 9 heteroatoms. The van der Waals surface area contributed by atoms with Gasteiger partial charge in [0.15, 0.2) is 5.82 Å². The Morgan fingerprint density at radius 1 is 1.09 bits per heavy atom. The highest BCUT2D eigenvalue weighted by molar-refractivity contribution is 6.00. The number of nitrogens with one attached hydrogen (secondary N) is 2. The summed E-state index contributed by atoms with van der Waals surface area (Å²) < 4.78 is 0. The van der Waals surface area contributed by atoms with Crippen molar-refractivity contribution in [2.75, 3.05) is 29.9 Å². The van der Waals surface area contributed by atoms with Crippen LogP contribution in [0.1, 0.15) is 48.8 Å². The average molecular weight is 474 g/mol. The summed E-state index contributed by atoms with van der Waals surface area (Å²) in [4.78, 5) is 39.0. The Balaban J connectivity index is 1.29. The highest BCUT2D eigenvalue weighted by Crippen LogP contribution is 2.33. The predicted octanol–water partition coefficient (Wildman–Crippen LogP) is 3.71. The number of nitrogens with zero attached hydrogens (tertiary/aromatic N) is 5. The van der Waals surface area contributed by atoms with Crippen LogP contribution in [0.5, 0.6) is 0 Å². The first kappa shape index (κ1) is 23.0. The standard InChI is InChI=1S/C26H31N7O2/c1-17-13-24(31-30-17)29-23-14-22(27-18(2)28-23)20-7-6-12-32(15-20)25(34)16-33(26(35)19-10-11-19)21-8-4-3-5-9-21/h3-5,8-9,13-14,19-20H,6-7,10-12,15-16H2,1-2H3,(H2,27,28,29,30,31)/t20-/m0/s1. The summed E-state index contributed by atoms with van der Waals surface area (Å²) in [6.07, 6.45) is 3.65. The molecule has 1 saturated heterocycles. The number of rotatable bonds is 7. The number of benzene rings is 1. The number of H-pyrrole nitrogens is 1. The van der Waals surface area contributed by atoms with Gasteiger partial charge in [0.1, 0.15) is 18.2 Å². The molecule has 0 radical (unpaired) electrons. The Hall–Kier alpha value is -3.75. The second-order valence-electron chi connectivity index (χ2n) is 9.50. The third-order valence-corrected chi connectivity index (χ3v) is 6.57. The van der Waals surface area contributed by atoms with E-state index < -0.39 is 0 Å². The van der Waals surface area contributed by atoms with Crippen molar-refractivity contribution >= 4 is 29.1 Å². The van der Waals surface area contributed by atoms with Crippen molar-refractivity contribution in [1.29, 1.82) is 0 Å². The van der Waals surface area contributed by atoms with E-state index in [9.17, 15) is 9.59 Å². The van der Waals surface area contributed by atoms with Gasteiger partial charge in [-0.25, -0.2) is 9.97 Å². The zero-order valence-electron chi connectivity index (χ0n) is 20.2. The molecule has 0 spiro atoms. The summed E-state index contributed by atoms with van der Waals surface area (Å²) >= 11 is 0. The van der Waals surface area contributed by atoms with Gasteiger partial charge in [0.25, 0.3) is 0 Å². The molecule has 182 valence electrons. The van der Waals surface area contributed by atoms with Crippen LogP contribution in [0.25, 0.3) is 0 Å². The number of hydrogen-bond donors (Lipinski definition) is 2. The molecule has 1 aliphatic carbocycles. The molecule has 1 saturated carbocycles. The third kappa shape index (κ3) is 5.50. The quantitative estimate of drug-likeness (QED) is 0.542. The molecule has 3 aromatic rings. The van der Waals surface area contributed by atoms with Crippen LogP contribution in [-0.2, 0) is 9.59 Å². The molecule has 0 bridgehead atoms. The first-order chi connectivity index (χ1) is 17.0. The number of likely N-dealkylation sites (tertiary alicyclic amines) is 1. The van der Waals surface area contributed by atoms with Crippen molar-refractivity contribution in [2.45, 2.75) is 45.4 Å². The van der Waals surface area contributed by atoms with Crippen LogP contribution in [-0.4, -0.2) is 56.5 Å². The topological polar surface area (TPSA) is 107 Å². The smallest absolute Gasteiger partial charge is 0.242 e. The summed E-state index contributed by atoms with van der Waals surface area (Å²) in [5.41, 5.74) is 2.66. The Morgan fingerprint density at radius 2 is 1.89 bits per heavy atom. The second-order valence-corrected chi connectivity index (χ2v) is 9.50.